The summed E-state index contributed by atoms with van der Waals surface area (Å²) in [6, 6.07) is 11.3. The van der Waals surface area contributed by atoms with Crippen LogP contribution in [0.1, 0.15) is 28.2 Å². The Hall–Kier alpha value is -2.45. The minimum absolute atomic E-state index is 0.113. The maximum absolute atomic E-state index is 12.2. The Balaban J connectivity index is 1.43. The summed E-state index contributed by atoms with van der Waals surface area (Å²) < 4.78 is 0.913. The van der Waals surface area contributed by atoms with Gasteiger partial charge in [0.05, 0.1) is 4.88 Å². The van der Waals surface area contributed by atoms with Crippen molar-refractivity contribution in [2.24, 2.45) is 0 Å². The van der Waals surface area contributed by atoms with Crippen molar-refractivity contribution in [2.45, 2.75) is 19.8 Å². The highest BCUT2D eigenvalue weighted by Crippen LogP contribution is 2.24. The minimum Gasteiger partial charge on any atom is -0.341 e. The van der Waals surface area contributed by atoms with Crippen LogP contribution in [0.3, 0.4) is 0 Å². The van der Waals surface area contributed by atoms with Crippen molar-refractivity contribution >= 4 is 56.3 Å². The van der Waals surface area contributed by atoms with Crippen LogP contribution in [0.4, 0.5) is 23.1 Å². The van der Waals surface area contributed by atoms with Crippen LogP contribution in [0.5, 0.6) is 0 Å². The monoisotopic (exact) mass is 457 g/mol. The van der Waals surface area contributed by atoms with Gasteiger partial charge >= 0.3 is 0 Å². The number of rotatable bonds is 5. The molecule has 1 aliphatic rings. The normalized spacial score (nSPS) is 13.6. The summed E-state index contributed by atoms with van der Waals surface area (Å²) in [5.41, 5.74) is 2.59. The summed E-state index contributed by atoms with van der Waals surface area (Å²) >= 11 is 4.77. The van der Waals surface area contributed by atoms with E-state index >= 15 is 0 Å². The molecule has 4 rings (SSSR count). The number of benzene rings is 1. The van der Waals surface area contributed by atoms with Gasteiger partial charge in [0, 0.05) is 46.1 Å². The number of nitrogens with zero attached hydrogens (tertiary/aromatic N) is 3. The van der Waals surface area contributed by atoms with Crippen LogP contribution in [0.15, 0.2) is 46.3 Å². The maximum Gasteiger partial charge on any atom is 0.265 e. The molecule has 6 nitrogen and oxygen atoms in total. The molecule has 1 amide bonds. The lowest BCUT2D eigenvalue weighted by Crippen LogP contribution is -2.21. The van der Waals surface area contributed by atoms with Gasteiger partial charge in [-0.3, -0.25) is 4.79 Å². The molecule has 1 aliphatic heterocycles. The summed E-state index contributed by atoms with van der Waals surface area (Å²) in [7, 11) is 0. The fourth-order valence-corrected chi connectivity index (χ4v) is 4.41. The Kier molecular flexibility index (Phi) is 5.59. The molecular weight excluding hydrogens is 438 g/mol. The van der Waals surface area contributed by atoms with E-state index in [0.29, 0.717) is 4.88 Å². The molecule has 0 atom stereocenters. The quantitative estimate of drug-likeness (QED) is 0.550. The lowest BCUT2D eigenvalue weighted by molar-refractivity contribution is 0.103. The van der Waals surface area contributed by atoms with Crippen LogP contribution in [-0.4, -0.2) is 29.0 Å². The van der Waals surface area contributed by atoms with E-state index in [1.54, 1.807) is 0 Å². The molecule has 1 aromatic carbocycles. The van der Waals surface area contributed by atoms with E-state index < -0.39 is 0 Å². The van der Waals surface area contributed by atoms with Gasteiger partial charge in [-0.15, -0.1) is 11.3 Å². The average Bonchev–Trinajstić information content (AvgIpc) is 3.35. The number of hydrogen-bond donors (Lipinski definition) is 2. The van der Waals surface area contributed by atoms with Crippen LogP contribution in [0, 0.1) is 6.92 Å². The zero-order valence-corrected chi connectivity index (χ0v) is 17.8. The summed E-state index contributed by atoms with van der Waals surface area (Å²) in [5.74, 6) is 1.44. The zero-order chi connectivity index (χ0) is 19.5. The number of hydrogen-bond acceptors (Lipinski definition) is 6. The van der Waals surface area contributed by atoms with Crippen molar-refractivity contribution < 1.29 is 4.79 Å². The van der Waals surface area contributed by atoms with Gasteiger partial charge in [-0.2, -0.15) is 4.98 Å². The van der Waals surface area contributed by atoms with Crippen LogP contribution >= 0.6 is 27.3 Å². The molecule has 0 spiro atoms. The summed E-state index contributed by atoms with van der Waals surface area (Å²) in [6.45, 7) is 4.00. The highest BCUT2D eigenvalue weighted by atomic mass is 79.9. The largest absolute Gasteiger partial charge is 0.341 e. The number of amides is 1. The molecule has 3 aromatic rings. The third kappa shape index (κ3) is 4.51. The van der Waals surface area contributed by atoms with Gasteiger partial charge in [-0.25, -0.2) is 4.98 Å². The average molecular weight is 458 g/mol. The molecule has 3 heterocycles. The second-order valence-electron chi connectivity index (χ2n) is 6.67. The first kappa shape index (κ1) is 18.9. The van der Waals surface area contributed by atoms with Gasteiger partial charge in [0.1, 0.15) is 5.82 Å². The van der Waals surface area contributed by atoms with Gasteiger partial charge < -0.3 is 15.5 Å². The SMILES string of the molecule is Cc1cc(Nc2ccc(NC(=O)c3cc(Br)cs3)cc2)nc(N2CCCC2)n1. The van der Waals surface area contributed by atoms with Crippen molar-refractivity contribution in [2.75, 3.05) is 28.6 Å². The predicted octanol–water partition coefficient (Wildman–Crippen LogP) is 5.21. The lowest BCUT2D eigenvalue weighted by Gasteiger charge is -2.17. The first-order chi connectivity index (χ1) is 13.6. The number of aryl methyl sites for hydroxylation is 1. The topological polar surface area (TPSA) is 70.2 Å². The second kappa shape index (κ2) is 8.28. The van der Waals surface area contributed by atoms with Gasteiger partial charge in [0.2, 0.25) is 5.95 Å². The molecule has 144 valence electrons. The van der Waals surface area contributed by atoms with Crippen LogP contribution in [0.2, 0.25) is 0 Å². The first-order valence-electron chi connectivity index (χ1n) is 9.10. The molecule has 8 heteroatoms. The third-order valence-electron chi connectivity index (χ3n) is 4.44. The van der Waals surface area contributed by atoms with Crippen molar-refractivity contribution in [1.29, 1.82) is 0 Å². The van der Waals surface area contributed by atoms with E-state index in [1.165, 1.54) is 24.2 Å². The Morgan fingerprint density at radius 1 is 1.11 bits per heavy atom. The standard InChI is InChI=1S/C20H20BrN5OS/c1-13-10-18(25-20(22-13)26-8-2-3-9-26)23-15-4-6-16(7-5-15)24-19(27)17-11-14(21)12-28-17/h4-7,10-12H,2-3,8-9H2,1H3,(H,24,27)(H,22,23,25). The van der Waals surface area contributed by atoms with E-state index in [-0.39, 0.29) is 5.91 Å². The van der Waals surface area contributed by atoms with E-state index in [4.69, 9.17) is 0 Å². The second-order valence-corrected chi connectivity index (χ2v) is 8.50. The van der Waals surface area contributed by atoms with Crippen molar-refractivity contribution in [3.63, 3.8) is 0 Å². The molecular formula is C20H20BrN5OS. The van der Waals surface area contributed by atoms with Crippen molar-refractivity contribution in [3.8, 4) is 0 Å². The molecule has 28 heavy (non-hydrogen) atoms. The first-order valence-corrected chi connectivity index (χ1v) is 10.8. The molecule has 0 aliphatic carbocycles. The van der Waals surface area contributed by atoms with E-state index in [1.807, 2.05) is 48.7 Å². The highest BCUT2D eigenvalue weighted by molar-refractivity contribution is 9.10. The number of carbonyl (C=O) groups excluding carboxylic acids is 1. The number of halogens is 1. The van der Waals surface area contributed by atoms with Crippen LogP contribution in [0.25, 0.3) is 0 Å². The highest BCUT2D eigenvalue weighted by Gasteiger charge is 2.16. The summed E-state index contributed by atoms with van der Waals surface area (Å²) in [5, 5.41) is 8.13. The number of aromatic nitrogens is 2. The summed E-state index contributed by atoms with van der Waals surface area (Å²) in [6.07, 6.45) is 2.38. The van der Waals surface area contributed by atoms with Gasteiger partial charge in [-0.1, -0.05) is 0 Å². The summed E-state index contributed by atoms with van der Waals surface area (Å²) in [4.78, 5) is 24.3. The van der Waals surface area contributed by atoms with Crippen molar-refractivity contribution in [3.05, 3.63) is 56.8 Å². The smallest absolute Gasteiger partial charge is 0.265 e. The number of anilines is 4. The molecule has 2 aromatic heterocycles. The Labute approximate surface area is 176 Å². The Morgan fingerprint density at radius 2 is 1.82 bits per heavy atom. The Morgan fingerprint density at radius 3 is 2.50 bits per heavy atom. The predicted molar refractivity (Wildman–Crippen MR) is 118 cm³/mol. The van der Waals surface area contributed by atoms with E-state index in [9.17, 15) is 4.79 Å². The van der Waals surface area contributed by atoms with E-state index in [0.717, 1.165) is 46.4 Å². The van der Waals surface area contributed by atoms with Crippen LogP contribution in [-0.2, 0) is 0 Å². The zero-order valence-electron chi connectivity index (χ0n) is 15.4. The fourth-order valence-electron chi connectivity index (χ4n) is 3.09. The van der Waals surface area contributed by atoms with E-state index in [2.05, 4.69) is 41.4 Å². The number of nitrogens with one attached hydrogen (secondary N) is 2. The van der Waals surface area contributed by atoms with Crippen molar-refractivity contribution in [1.82, 2.24) is 9.97 Å². The minimum atomic E-state index is -0.113. The maximum atomic E-state index is 12.2. The van der Waals surface area contributed by atoms with Gasteiger partial charge in [0.25, 0.3) is 5.91 Å². The van der Waals surface area contributed by atoms with Gasteiger partial charge in [-0.05, 0) is 66.0 Å². The lowest BCUT2D eigenvalue weighted by atomic mass is 10.2. The van der Waals surface area contributed by atoms with Gasteiger partial charge in [0.15, 0.2) is 0 Å². The molecule has 1 saturated heterocycles. The number of carbonyl (C=O) groups is 1. The molecule has 0 saturated carbocycles. The molecule has 0 unspecified atom stereocenters. The third-order valence-corrected chi connectivity index (χ3v) is 6.13. The number of thiophene rings is 1. The molecule has 2 N–H and O–H groups in total. The fraction of sp³-hybridized carbons (Fsp3) is 0.250. The molecule has 0 radical (unpaired) electrons. The Bertz CT molecular complexity index is 983. The van der Waals surface area contributed by atoms with Crippen LogP contribution < -0.4 is 15.5 Å². The molecule has 1 fully saturated rings. The molecule has 0 bridgehead atoms.